The molecular formula is C13H20O3. The van der Waals surface area contributed by atoms with E-state index < -0.39 is 11.7 Å². The molecule has 0 aromatic heterocycles. The van der Waals surface area contributed by atoms with Gasteiger partial charge >= 0.3 is 0 Å². The zero-order valence-electron chi connectivity index (χ0n) is 10.3. The molecule has 1 aromatic carbocycles. The van der Waals surface area contributed by atoms with Gasteiger partial charge in [0.15, 0.2) is 0 Å². The maximum absolute atomic E-state index is 9.44. The van der Waals surface area contributed by atoms with E-state index in [0.29, 0.717) is 0 Å². The molecule has 90 valence electrons. The van der Waals surface area contributed by atoms with E-state index in [0.717, 1.165) is 16.9 Å². The molecule has 0 aliphatic carbocycles. The van der Waals surface area contributed by atoms with Crippen LogP contribution < -0.4 is 4.74 Å². The molecule has 0 saturated carbocycles. The quantitative estimate of drug-likeness (QED) is 0.824. The molecule has 1 unspecified atom stereocenters. The monoisotopic (exact) mass is 224 g/mol. The lowest BCUT2D eigenvalue weighted by atomic mass is 10.1. The third kappa shape index (κ3) is 3.22. The molecule has 0 bridgehead atoms. The Kier molecular flexibility index (Phi) is 3.94. The van der Waals surface area contributed by atoms with E-state index in [2.05, 4.69) is 0 Å². The molecule has 0 aliphatic heterocycles. The number of aryl methyl sites for hydroxylation is 1. The Hall–Kier alpha value is -1.06. The molecule has 2 N–H and O–H groups in total. The van der Waals surface area contributed by atoms with Gasteiger partial charge in [-0.3, -0.25) is 0 Å². The van der Waals surface area contributed by atoms with Crippen LogP contribution in [-0.2, 0) is 0 Å². The van der Waals surface area contributed by atoms with E-state index in [-0.39, 0.29) is 6.61 Å². The summed E-state index contributed by atoms with van der Waals surface area (Å²) in [7, 11) is 0. The Morgan fingerprint density at radius 1 is 1.38 bits per heavy atom. The van der Waals surface area contributed by atoms with Gasteiger partial charge in [0.2, 0.25) is 0 Å². The minimum atomic E-state index is -0.586. The first-order chi connectivity index (χ1) is 7.35. The van der Waals surface area contributed by atoms with Crippen molar-refractivity contribution in [3.05, 3.63) is 29.3 Å². The fourth-order valence-corrected chi connectivity index (χ4v) is 1.38. The number of aliphatic hydroxyl groups is 2. The topological polar surface area (TPSA) is 49.7 Å². The first-order valence-electron chi connectivity index (χ1n) is 5.44. The number of hydrogen-bond donors (Lipinski definition) is 2. The van der Waals surface area contributed by atoms with Crippen molar-refractivity contribution in [3.63, 3.8) is 0 Å². The van der Waals surface area contributed by atoms with Crippen molar-refractivity contribution in [3.8, 4) is 5.75 Å². The first-order valence-corrected chi connectivity index (χ1v) is 5.44. The lowest BCUT2D eigenvalue weighted by Gasteiger charge is -2.25. The van der Waals surface area contributed by atoms with Crippen molar-refractivity contribution in [2.75, 3.05) is 6.61 Å². The Morgan fingerprint density at radius 2 is 2.00 bits per heavy atom. The molecule has 0 aliphatic rings. The minimum Gasteiger partial charge on any atom is -0.485 e. The van der Waals surface area contributed by atoms with Crippen LogP contribution in [0.15, 0.2) is 18.2 Å². The Labute approximate surface area is 96.7 Å². The van der Waals surface area contributed by atoms with E-state index in [1.165, 1.54) is 0 Å². The van der Waals surface area contributed by atoms with Crippen LogP contribution in [0.3, 0.4) is 0 Å². The Bertz CT molecular complexity index is 356. The summed E-state index contributed by atoms with van der Waals surface area (Å²) in [6.07, 6.45) is -0.474. The van der Waals surface area contributed by atoms with Crippen molar-refractivity contribution >= 4 is 0 Å². The van der Waals surface area contributed by atoms with Crippen molar-refractivity contribution in [2.45, 2.75) is 39.4 Å². The average Bonchev–Trinajstić information content (AvgIpc) is 2.20. The largest absolute Gasteiger partial charge is 0.485 e. The van der Waals surface area contributed by atoms with E-state index in [1.807, 2.05) is 39.0 Å². The van der Waals surface area contributed by atoms with Crippen LogP contribution in [0.4, 0.5) is 0 Å². The maximum Gasteiger partial charge on any atom is 0.126 e. The molecule has 1 aromatic rings. The van der Waals surface area contributed by atoms with Crippen LogP contribution >= 0.6 is 0 Å². The molecule has 3 nitrogen and oxygen atoms in total. The van der Waals surface area contributed by atoms with Crippen molar-refractivity contribution in [1.29, 1.82) is 0 Å². The summed E-state index contributed by atoms with van der Waals surface area (Å²) >= 11 is 0. The molecule has 16 heavy (non-hydrogen) atoms. The van der Waals surface area contributed by atoms with Crippen molar-refractivity contribution in [1.82, 2.24) is 0 Å². The van der Waals surface area contributed by atoms with Gasteiger partial charge in [0.05, 0.1) is 12.7 Å². The van der Waals surface area contributed by atoms with Crippen LogP contribution in [0.25, 0.3) is 0 Å². The van der Waals surface area contributed by atoms with Gasteiger partial charge in [-0.25, -0.2) is 0 Å². The molecule has 0 heterocycles. The SMILES string of the molecule is Cc1cc(C(C)O)ccc1OC(C)(C)CO. The summed E-state index contributed by atoms with van der Waals surface area (Å²) < 4.78 is 5.68. The maximum atomic E-state index is 9.44. The summed E-state index contributed by atoms with van der Waals surface area (Å²) in [5.41, 5.74) is 1.24. The molecule has 1 rings (SSSR count). The van der Waals surface area contributed by atoms with Crippen molar-refractivity contribution < 1.29 is 14.9 Å². The number of ether oxygens (including phenoxy) is 1. The second kappa shape index (κ2) is 4.85. The fourth-order valence-electron chi connectivity index (χ4n) is 1.38. The van der Waals surface area contributed by atoms with E-state index in [1.54, 1.807) is 6.92 Å². The summed E-state index contributed by atoms with van der Waals surface area (Å²) in [5.74, 6) is 0.739. The summed E-state index contributed by atoms with van der Waals surface area (Å²) in [6.45, 7) is 7.27. The smallest absolute Gasteiger partial charge is 0.126 e. The van der Waals surface area contributed by atoms with Gasteiger partial charge < -0.3 is 14.9 Å². The second-order valence-electron chi connectivity index (χ2n) is 4.72. The second-order valence-corrected chi connectivity index (χ2v) is 4.72. The summed E-state index contributed by atoms with van der Waals surface area (Å²) in [6, 6.07) is 5.56. The number of aliphatic hydroxyl groups excluding tert-OH is 2. The van der Waals surface area contributed by atoms with Gasteiger partial charge in [-0.15, -0.1) is 0 Å². The molecule has 0 saturated heterocycles. The summed E-state index contributed by atoms with van der Waals surface area (Å²) in [5, 5.41) is 18.6. The highest BCUT2D eigenvalue weighted by Gasteiger charge is 2.19. The number of rotatable bonds is 4. The zero-order chi connectivity index (χ0) is 12.3. The average molecular weight is 224 g/mol. The highest BCUT2D eigenvalue weighted by Crippen LogP contribution is 2.25. The molecule has 1 atom stereocenters. The van der Waals surface area contributed by atoms with Gasteiger partial charge in [0, 0.05) is 0 Å². The molecule has 0 fully saturated rings. The van der Waals surface area contributed by atoms with Gasteiger partial charge in [0.25, 0.3) is 0 Å². The predicted octanol–water partition coefficient (Wildman–Crippen LogP) is 2.20. The van der Waals surface area contributed by atoms with Crippen LogP contribution in [-0.4, -0.2) is 22.4 Å². The first kappa shape index (κ1) is 13.0. The molecule has 0 radical (unpaired) electrons. The minimum absolute atomic E-state index is 0.0371. The number of benzene rings is 1. The van der Waals surface area contributed by atoms with E-state index >= 15 is 0 Å². The van der Waals surface area contributed by atoms with Gasteiger partial charge in [-0.2, -0.15) is 0 Å². The van der Waals surface area contributed by atoms with Crippen LogP contribution in [0.5, 0.6) is 5.75 Å². The third-order valence-electron chi connectivity index (χ3n) is 2.45. The van der Waals surface area contributed by atoms with Crippen LogP contribution in [0.1, 0.15) is 38.0 Å². The molecule has 3 heteroatoms. The highest BCUT2D eigenvalue weighted by molar-refractivity contribution is 5.37. The van der Waals surface area contributed by atoms with E-state index in [4.69, 9.17) is 9.84 Å². The zero-order valence-corrected chi connectivity index (χ0v) is 10.3. The normalized spacial score (nSPS) is 13.6. The molecule has 0 amide bonds. The Balaban J connectivity index is 2.91. The fraction of sp³-hybridized carbons (Fsp3) is 0.538. The van der Waals surface area contributed by atoms with Crippen LogP contribution in [0, 0.1) is 6.92 Å². The van der Waals surface area contributed by atoms with Crippen LogP contribution in [0.2, 0.25) is 0 Å². The standard InChI is InChI=1S/C13H20O3/c1-9-7-11(10(2)15)5-6-12(9)16-13(3,4)8-14/h5-7,10,14-15H,8H2,1-4H3. The lowest BCUT2D eigenvalue weighted by molar-refractivity contribution is 0.0406. The van der Waals surface area contributed by atoms with Crippen molar-refractivity contribution in [2.24, 2.45) is 0 Å². The molecule has 0 spiro atoms. The van der Waals surface area contributed by atoms with E-state index in [9.17, 15) is 5.11 Å². The number of hydrogen-bond acceptors (Lipinski definition) is 3. The van der Waals surface area contributed by atoms with Gasteiger partial charge in [0.1, 0.15) is 11.4 Å². The predicted molar refractivity (Wildman–Crippen MR) is 63.6 cm³/mol. The molecular weight excluding hydrogens is 204 g/mol. The summed E-state index contributed by atoms with van der Waals surface area (Å²) in [4.78, 5) is 0. The van der Waals surface area contributed by atoms with Gasteiger partial charge in [-0.05, 0) is 51.0 Å². The third-order valence-corrected chi connectivity index (χ3v) is 2.45. The highest BCUT2D eigenvalue weighted by atomic mass is 16.5. The Morgan fingerprint density at radius 3 is 2.44 bits per heavy atom. The van der Waals surface area contributed by atoms with Gasteiger partial charge in [-0.1, -0.05) is 6.07 Å². The lowest BCUT2D eigenvalue weighted by Crippen LogP contribution is -2.32.